The van der Waals surface area contributed by atoms with E-state index < -0.39 is 20.7 Å². The minimum atomic E-state index is -3.98. The molecule has 0 saturated heterocycles. The van der Waals surface area contributed by atoms with Crippen molar-refractivity contribution >= 4 is 27.3 Å². The van der Waals surface area contributed by atoms with Crippen LogP contribution >= 0.6 is 11.6 Å². The van der Waals surface area contributed by atoms with Crippen LogP contribution in [0.15, 0.2) is 17.0 Å². The van der Waals surface area contributed by atoms with E-state index in [1.807, 2.05) is 6.92 Å². The van der Waals surface area contributed by atoms with Gasteiger partial charge >= 0.3 is 0 Å². The number of hydrogen-bond acceptors (Lipinski definition) is 4. The van der Waals surface area contributed by atoms with Gasteiger partial charge in [0.25, 0.3) is 0 Å². The van der Waals surface area contributed by atoms with E-state index in [9.17, 15) is 12.8 Å². The van der Waals surface area contributed by atoms with Crippen LogP contribution in [0.25, 0.3) is 0 Å². The number of nitrogens with one attached hydrogen (secondary N) is 1. The number of ether oxygens (including phenoxy) is 1. The van der Waals surface area contributed by atoms with E-state index in [-0.39, 0.29) is 22.9 Å². The molecule has 3 N–H and O–H groups in total. The lowest BCUT2D eigenvalue weighted by Gasteiger charge is -2.35. The van der Waals surface area contributed by atoms with Crippen molar-refractivity contribution in [1.82, 2.24) is 4.72 Å². The highest BCUT2D eigenvalue weighted by Crippen LogP contribution is 2.28. The van der Waals surface area contributed by atoms with Gasteiger partial charge in [0.2, 0.25) is 10.0 Å². The molecule has 0 bridgehead atoms. The molecular formula is C12H16ClFN2O3S. The molecule has 0 unspecified atom stereocenters. The SMILES string of the molecule is CCOC1CC(NS(=O)(=O)c2cc(Cl)cc(N)c2F)C1. The van der Waals surface area contributed by atoms with E-state index in [1.165, 1.54) is 6.07 Å². The van der Waals surface area contributed by atoms with Crippen molar-refractivity contribution in [2.24, 2.45) is 0 Å². The molecule has 0 atom stereocenters. The summed E-state index contributed by atoms with van der Waals surface area (Å²) in [4.78, 5) is -0.526. The Morgan fingerprint density at radius 2 is 2.15 bits per heavy atom. The van der Waals surface area contributed by atoms with E-state index in [1.54, 1.807) is 0 Å². The van der Waals surface area contributed by atoms with Crippen LogP contribution in [0.1, 0.15) is 19.8 Å². The summed E-state index contributed by atoms with van der Waals surface area (Å²) in [6.07, 6.45) is 1.21. The van der Waals surface area contributed by atoms with Gasteiger partial charge in [-0.05, 0) is 31.9 Å². The largest absolute Gasteiger partial charge is 0.396 e. The first-order chi connectivity index (χ1) is 9.33. The molecule has 1 aliphatic carbocycles. The van der Waals surface area contributed by atoms with Gasteiger partial charge in [0, 0.05) is 17.7 Å². The van der Waals surface area contributed by atoms with Crippen LogP contribution in [0, 0.1) is 5.82 Å². The fourth-order valence-electron chi connectivity index (χ4n) is 2.10. The summed E-state index contributed by atoms with van der Waals surface area (Å²) in [5.41, 5.74) is 5.09. The fourth-order valence-corrected chi connectivity index (χ4v) is 3.78. The van der Waals surface area contributed by atoms with Crippen LogP contribution in [0.3, 0.4) is 0 Å². The lowest BCUT2D eigenvalue weighted by Crippen LogP contribution is -2.47. The van der Waals surface area contributed by atoms with E-state index in [0.29, 0.717) is 19.4 Å². The van der Waals surface area contributed by atoms with Crippen molar-refractivity contribution in [3.8, 4) is 0 Å². The number of hydrogen-bond donors (Lipinski definition) is 2. The maximum Gasteiger partial charge on any atom is 0.243 e. The van der Waals surface area contributed by atoms with E-state index >= 15 is 0 Å². The van der Waals surface area contributed by atoms with Crippen LogP contribution < -0.4 is 10.5 Å². The van der Waals surface area contributed by atoms with E-state index in [2.05, 4.69) is 4.72 Å². The van der Waals surface area contributed by atoms with Crippen LogP contribution in [0.4, 0.5) is 10.1 Å². The molecule has 0 heterocycles. The van der Waals surface area contributed by atoms with Crippen LogP contribution in [-0.2, 0) is 14.8 Å². The maximum atomic E-state index is 13.8. The minimum Gasteiger partial charge on any atom is -0.396 e. The number of nitrogen functional groups attached to an aromatic ring is 1. The Kier molecular flexibility index (Phi) is 4.53. The average molecular weight is 323 g/mol. The normalized spacial score (nSPS) is 22.6. The highest BCUT2D eigenvalue weighted by Gasteiger charge is 2.34. The number of anilines is 1. The monoisotopic (exact) mass is 322 g/mol. The first-order valence-corrected chi connectivity index (χ1v) is 8.08. The lowest BCUT2D eigenvalue weighted by atomic mass is 9.90. The standard InChI is InChI=1S/C12H16ClFN2O3S/c1-2-19-9-5-8(6-9)16-20(17,18)11-4-7(13)3-10(15)12(11)14/h3-4,8-9,16H,2,5-6,15H2,1H3. The third kappa shape index (κ3) is 3.22. The predicted octanol–water partition coefficient (Wildman–Crippen LogP) is 1.91. The Morgan fingerprint density at radius 3 is 2.75 bits per heavy atom. The summed E-state index contributed by atoms with van der Waals surface area (Å²) in [5.74, 6) is -0.984. The van der Waals surface area contributed by atoms with Crippen molar-refractivity contribution in [1.29, 1.82) is 0 Å². The number of rotatable bonds is 5. The van der Waals surface area contributed by atoms with Crippen LogP contribution in [0.5, 0.6) is 0 Å². The van der Waals surface area contributed by atoms with Gasteiger partial charge in [-0.15, -0.1) is 0 Å². The van der Waals surface area contributed by atoms with Crippen molar-refractivity contribution < 1.29 is 17.5 Å². The number of sulfonamides is 1. The molecule has 0 spiro atoms. The second kappa shape index (κ2) is 5.85. The quantitative estimate of drug-likeness (QED) is 0.811. The zero-order chi connectivity index (χ0) is 14.9. The maximum absolute atomic E-state index is 13.8. The van der Waals surface area contributed by atoms with Gasteiger partial charge in [0.15, 0.2) is 5.82 Å². The molecule has 1 fully saturated rings. The third-order valence-electron chi connectivity index (χ3n) is 3.14. The molecule has 5 nitrogen and oxygen atoms in total. The molecule has 1 aliphatic rings. The zero-order valence-corrected chi connectivity index (χ0v) is 12.5. The molecule has 2 rings (SSSR count). The van der Waals surface area contributed by atoms with Crippen LogP contribution in [-0.4, -0.2) is 27.2 Å². The molecule has 0 radical (unpaired) electrons. The molecule has 0 amide bonds. The first kappa shape index (κ1) is 15.5. The van der Waals surface area contributed by atoms with E-state index in [4.69, 9.17) is 22.1 Å². The topological polar surface area (TPSA) is 81.4 Å². The van der Waals surface area contributed by atoms with Crippen molar-refractivity contribution in [2.45, 2.75) is 36.8 Å². The Labute approximate surface area is 122 Å². The average Bonchev–Trinajstić information content (AvgIpc) is 2.31. The molecule has 1 aromatic rings. The van der Waals surface area contributed by atoms with Gasteiger partial charge < -0.3 is 10.5 Å². The molecule has 112 valence electrons. The summed E-state index contributed by atoms with van der Waals surface area (Å²) in [6, 6.07) is 1.97. The Morgan fingerprint density at radius 1 is 1.50 bits per heavy atom. The number of halogens is 2. The molecule has 1 saturated carbocycles. The Balaban J connectivity index is 2.12. The molecule has 8 heteroatoms. The van der Waals surface area contributed by atoms with Crippen LogP contribution in [0.2, 0.25) is 5.02 Å². The molecule has 0 aliphatic heterocycles. The molecule has 1 aromatic carbocycles. The first-order valence-electron chi connectivity index (χ1n) is 6.22. The summed E-state index contributed by atoms with van der Waals surface area (Å²) in [6.45, 7) is 2.46. The minimum absolute atomic E-state index is 0.0574. The second-order valence-corrected chi connectivity index (χ2v) is 6.79. The summed E-state index contributed by atoms with van der Waals surface area (Å²) < 4.78 is 45.8. The predicted molar refractivity (Wildman–Crippen MR) is 74.6 cm³/mol. The fraction of sp³-hybridized carbons (Fsp3) is 0.500. The molecule has 0 aromatic heterocycles. The molecule has 20 heavy (non-hydrogen) atoms. The van der Waals surface area contributed by atoms with Gasteiger partial charge in [0.1, 0.15) is 4.90 Å². The highest BCUT2D eigenvalue weighted by molar-refractivity contribution is 7.89. The summed E-state index contributed by atoms with van der Waals surface area (Å²) in [5, 5.41) is 0.0741. The zero-order valence-electron chi connectivity index (χ0n) is 10.9. The van der Waals surface area contributed by atoms with Gasteiger partial charge in [-0.1, -0.05) is 11.6 Å². The van der Waals surface area contributed by atoms with Gasteiger partial charge in [-0.2, -0.15) is 0 Å². The lowest BCUT2D eigenvalue weighted by molar-refractivity contribution is -0.00476. The van der Waals surface area contributed by atoms with Gasteiger partial charge in [0.05, 0.1) is 11.8 Å². The smallest absolute Gasteiger partial charge is 0.243 e. The van der Waals surface area contributed by atoms with Crippen molar-refractivity contribution in [3.05, 3.63) is 23.0 Å². The van der Waals surface area contributed by atoms with Crippen molar-refractivity contribution in [2.75, 3.05) is 12.3 Å². The van der Waals surface area contributed by atoms with Crippen molar-refractivity contribution in [3.63, 3.8) is 0 Å². The highest BCUT2D eigenvalue weighted by atomic mass is 35.5. The van der Waals surface area contributed by atoms with Gasteiger partial charge in [-0.25, -0.2) is 17.5 Å². The summed E-state index contributed by atoms with van der Waals surface area (Å²) in [7, 11) is -3.98. The summed E-state index contributed by atoms with van der Waals surface area (Å²) >= 11 is 5.72. The number of benzene rings is 1. The second-order valence-electron chi connectivity index (χ2n) is 4.67. The molecular weight excluding hydrogens is 307 g/mol. The van der Waals surface area contributed by atoms with Gasteiger partial charge in [-0.3, -0.25) is 0 Å². The number of nitrogens with two attached hydrogens (primary N) is 1. The van der Waals surface area contributed by atoms with E-state index in [0.717, 1.165) is 6.07 Å². The third-order valence-corrected chi connectivity index (χ3v) is 4.88. The Hall–Kier alpha value is -0.890. The Bertz CT molecular complexity index is 603.